The summed E-state index contributed by atoms with van der Waals surface area (Å²) in [6.07, 6.45) is 2.80. The van der Waals surface area contributed by atoms with Crippen LogP contribution < -0.4 is 10.1 Å². The average molecular weight is 403 g/mol. The van der Waals surface area contributed by atoms with E-state index in [2.05, 4.69) is 5.32 Å². The van der Waals surface area contributed by atoms with Gasteiger partial charge in [-0.2, -0.15) is 4.31 Å². The topological polar surface area (TPSA) is 75.7 Å². The molecule has 1 aliphatic heterocycles. The van der Waals surface area contributed by atoms with Crippen LogP contribution in [0.15, 0.2) is 53.4 Å². The molecule has 2 aromatic carbocycles. The molecular weight excluding hydrogens is 376 g/mol. The maximum Gasteiger partial charge on any atom is 0.255 e. The van der Waals surface area contributed by atoms with Gasteiger partial charge in [0.15, 0.2) is 0 Å². The molecule has 28 heavy (non-hydrogen) atoms. The van der Waals surface area contributed by atoms with Crippen LogP contribution in [0.5, 0.6) is 5.75 Å². The molecule has 0 aromatic heterocycles. The zero-order valence-electron chi connectivity index (χ0n) is 16.2. The zero-order chi connectivity index (χ0) is 20.1. The Hall–Kier alpha value is -2.38. The molecule has 1 saturated heterocycles. The normalized spacial score (nSPS) is 17.9. The molecule has 7 heteroatoms. The molecule has 1 heterocycles. The van der Waals surface area contributed by atoms with Crippen molar-refractivity contribution in [2.24, 2.45) is 0 Å². The molecule has 0 radical (unpaired) electrons. The number of ether oxygens (including phenoxy) is 1. The number of benzene rings is 2. The van der Waals surface area contributed by atoms with E-state index in [1.165, 1.54) is 12.1 Å². The summed E-state index contributed by atoms with van der Waals surface area (Å²) in [4.78, 5) is 12.8. The van der Waals surface area contributed by atoms with Gasteiger partial charge in [-0.3, -0.25) is 4.79 Å². The minimum Gasteiger partial charge on any atom is -0.492 e. The number of hydrogen-bond donors (Lipinski definition) is 1. The number of sulfonamides is 1. The van der Waals surface area contributed by atoms with E-state index in [9.17, 15) is 13.2 Å². The zero-order valence-corrected chi connectivity index (χ0v) is 17.0. The van der Waals surface area contributed by atoms with E-state index in [-0.39, 0.29) is 16.8 Å². The van der Waals surface area contributed by atoms with Crippen molar-refractivity contribution < 1.29 is 17.9 Å². The number of nitrogens with zero attached hydrogens (tertiary/aromatic N) is 1. The fraction of sp³-hybridized carbons (Fsp3) is 0.381. The van der Waals surface area contributed by atoms with Gasteiger partial charge in [0.2, 0.25) is 10.0 Å². The SMILES string of the molecule is CCOc1ccccc1NC(=O)c1ccc(S(=O)(=O)N2CCCCC2C)cc1. The first-order valence-corrected chi connectivity index (χ1v) is 11.0. The summed E-state index contributed by atoms with van der Waals surface area (Å²) in [7, 11) is -3.55. The highest BCUT2D eigenvalue weighted by molar-refractivity contribution is 7.89. The van der Waals surface area contributed by atoms with Crippen LogP contribution in [0.1, 0.15) is 43.5 Å². The van der Waals surface area contributed by atoms with Crippen molar-refractivity contribution >= 4 is 21.6 Å². The van der Waals surface area contributed by atoms with Gasteiger partial charge >= 0.3 is 0 Å². The highest BCUT2D eigenvalue weighted by Crippen LogP contribution is 2.26. The van der Waals surface area contributed by atoms with Crippen LogP contribution >= 0.6 is 0 Å². The third-order valence-electron chi connectivity index (χ3n) is 4.90. The summed E-state index contributed by atoms with van der Waals surface area (Å²) in [5.74, 6) is 0.277. The van der Waals surface area contributed by atoms with Crippen molar-refractivity contribution in [1.82, 2.24) is 4.31 Å². The summed E-state index contributed by atoms with van der Waals surface area (Å²) in [6.45, 7) is 4.85. The minimum atomic E-state index is -3.55. The van der Waals surface area contributed by atoms with Crippen molar-refractivity contribution in [2.75, 3.05) is 18.5 Å². The Morgan fingerprint density at radius 1 is 1.14 bits per heavy atom. The van der Waals surface area contributed by atoms with Crippen LogP contribution in [0.25, 0.3) is 0 Å². The van der Waals surface area contributed by atoms with Crippen molar-refractivity contribution in [1.29, 1.82) is 0 Å². The quantitative estimate of drug-likeness (QED) is 0.795. The van der Waals surface area contributed by atoms with Crippen LogP contribution in [0, 0.1) is 0 Å². The maximum atomic E-state index is 12.9. The first-order chi connectivity index (χ1) is 13.4. The van der Waals surface area contributed by atoms with Gasteiger partial charge in [0.25, 0.3) is 5.91 Å². The number of carbonyl (C=O) groups is 1. The Balaban J connectivity index is 1.76. The predicted octanol–water partition coefficient (Wildman–Crippen LogP) is 3.90. The summed E-state index contributed by atoms with van der Waals surface area (Å²) in [6, 6.07) is 13.3. The second-order valence-electron chi connectivity index (χ2n) is 6.87. The molecule has 0 spiro atoms. The maximum absolute atomic E-state index is 12.9. The van der Waals surface area contributed by atoms with Gasteiger partial charge in [-0.05, 0) is 63.1 Å². The number of para-hydroxylation sites is 2. The van der Waals surface area contributed by atoms with Gasteiger partial charge < -0.3 is 10.1 Å². The Labute approximate surface area is 166 Å². The van der Waals surface area contributed by atoms with Crippen molar-refractivity contribution in [3.63, 3.8) is 0 Å². The fourth-order valence-electron chi connectivity index (χ4n) is 3.39. The molecule has 0 aliphatic carbocycles. The Morgan fingerprint density at radius 2 is 1.86 bits per heavy atom. The predicted molar refractivity (Wildman–Crippen MR) is 109 cm³/mol. The molecule has 0 saturated carbocycles. The molecule has 1 unspecified atom stereocenters. The smallest absolute Gasteiger partial charge is 0.255 e. The molecule has 1 amide bonds. The Kier molecular flexibility index (Phi) is 6.36. The molecule has 2 aromatic rings. The van der Waals surface area contributed by atoms with Gasteiger partial charge in [0.05, 0.1) is 17.2 Å². The molecule has 1 atom stereocenters. The minimum absolute atomic E-state index is 0.00297. The molecular formula is C21H26N2O4S. The van der Waals surface area contributed by atoms with E-state index in [0.717, 1.165) is 19.3 Å². The standard InChI is InChI=1S/C21H26N2O4S/c1-3-27-20-10-5-4-9-19(20)22-21(24)17-11-13-18(14-12-17)28(25,26)23-15-7-6-8-16(23)2/h4-5,9-14,16H,3,6-8,15H2,1-2H3,(H,22,24). The Morgan fingerprint density at radius 3 is 2.54 bits per heavy atom. The van der Waals surface area contributed by atoms with Crippen LogP contribution in [0.4, 0.5) is 5.69 Å². The number of hydrogen-bond acceptors (Lipinski definition) is 4. The largest absolute Gasteiger partial charge is 0.492 e. The van der Waals surface area contributed by atoms with E-state index < -0.39 is 10.0 Å². The third kappa shape index (κ3) is 4.36. The van der Waals surface area contributed by atoms with Crippen molar-refractivity contribution in [2.45, 2.75) is 44.0 Å². The van der Waals surface area contributed by atoms with E-state index in [0.29, 0.717) is 30.2 Å². The first-order valence-electron chi connectivity index (χ1n) is 9.58. The fourth-order valence-corrected chi connectivity index (χ4v) is 5.09. The summed E-state index contributed by atoms with van der Waals surface area (Å²) >= 11 is 0. The van der Waals surface area contributed by atoms with Crippen LogP contribution in [0.3, 0.4) is 0 Å². The molecule has 3 rings (SSSR count). The van der Waals surface area contributed by atoms with Gasteiger partial charge in [-0.1, -0.05) is 18.6 Å². The number of rotatable bonds is 6. The lowest BCUT2D eigenvalue weighted by Crippen LogP contribution is -2.41. The van der Waals surface area contributed by atoms with Crippen molar-refractivity contribution in [3.05, 3.63) is 54.1 Å². The second kappa shape index (κ2) is 8.75. The highest BCUT2D eigenvalue weighted by atomic mass is 32.2. The molecule has 6 nitrogen and oxygen atoms in total. The van der Waals surface area contributed by atoms with E-state index in [4.69, 9.17) is 4.74 Å². The highest BCUT2D eigenvalue weighted by Gasteiger charge is 2.30. The lowest BCUT2D eigenvalue weighted by molar-refractivity contribution is 0.102. The summed E-state index contributed by atoms with van der Waals surface area (Å²) < 4.78 is 32.9. The molecule has 1 fully saturated rings. The average Bonchev–Trinajstić information content (AvgIpc) is 2.70. The van der Waals surface area contributed by atoms with E-state index >= 15 is 0 Å². The van der Waals surface area contributed by atoms with Crippen LogP contribution in [-0.4, -0.2) is 37.8 Å². The third-order valence-corrected chi connectivity index (χ3v) is 6.93. The number of anilines is 1. The van der Waals surface area contributed by atoms with E-state index in [1.807, 2.05) is 26.0 Å². The van der Waals surface area contributed by atoms with Crippen LogP contribution in [0.2, 0.25) is 0 Å². The lowest BCUT2D eigenvalue weighted by Gasteiger charge is -2.32. The number of piperidine rings is 1. The molecule has 150 valence electrons. The van der Waals surface area contributed by atoms with Crippen LogP contribution in [-0.2, 0) is 10.0 Å². The Bertz CT molecular complexity index is 926. The monoisotopic (exact) mass is 402 g/mol. The first kappa shape index (κ1) is 20.4. The van der Waals surface area contributed by atoms with Gasteiger partial charge in [-0.15, -0.1) is 0 Å². The number of carbonyl (C=O) groups excluding carboxylic acids is 1. The number of amides is 1. The lowest BCUT2D eigenvalue weighted by atomic mass is 10.1. The van der Waals surface area contributed by atoms with E-state index in [1.54, 1.807) is 28.6 Å². The molecule has 0 bridgehead atoms. The summed E-state index contributed by atoms with van der Waals surface area (Å²) in [5, 5.41) is 2.82. The second-order valence-corrected chi connectivity index (χ2v) is 8.76. The van der Waals surface area contributed by atoms with Crippen molar-refractivity contribution in [3.8, 4) is 5.75 Å². The van der Waals surface area contributed by atoms with Gasteiger partial charge in [-0.25, -0.2) is 8.42 Å². The summed E-state index contributed by atoms with van der Waals surface area (Å²) in [5.41, 5.74) is 0.963. The van der Waals surface area contributed by atoms with Gasteiger partial charge in [0.1, 0.15) is 5.75 Å². The van der Waals surface area contributed by atoms with Gasteiger partial charge in [0, 0.05) is 18.2 Å². The molecule has 1 aliphatic rings. The number of nitrogens with one attached hydrogen (secondary N) is 1. The molecule has 1 N–H and O–H groups in total.